The first-order chi connectivity index (χ1) is 18.9. The van der Waals surface area contributed by atoms with Crippen molar-refractivity contribution in [2.75, 3.05) is 26.9 Å². The molecular weight excluding hydrogens is 543 g/mol. The molecule has 0 N–H and O–H groups in total. The summed E-state index contributed by atoms with van der Waals surface area (Å²) < 4.78 is 37.3. The average Bonchev–Trinajstić information content (AvgIpc) is 2.93. The Bertz CT molecular complexity index is 1110. The monoisotopic (exact) mass is 588 g/mol. The second-order valence-corrected chi connectivity index (χ2v) is 17.3. The number of methoxy groups -OCH3 is 1. The maximum absolute atomic E-state index is 14.0. The summed E-state index contributed by atoms with van der Waals surface area (Å²) in [5.74, 6) is -1.76. The highest BCUT2D eigenvalue weighted by molar-refractivity contribution is 7.54. The standard InChI is InChI=1S/C31H45O7PSi/c1-9-36-39(34,37-10-2)29(21-24(3)30(33)35-8)25(4)26(22-32)23-38-40(31(5,6)7,27-17-13-11-14-18-27)28-19-15-12-16-20-28/h11-22,25-26,29H,9-10,23H2,1-8H3/b24-21+. The smallest absolute Gasteiger partial charge is 0.337 e. The Labute approximate surface area is 240 Å². The zero-order valence-electron chi connectivity index (χ0n) is 25.1. The van der Waals surface area contributed by atoms with Gasteiger partial charge in [0.2, 0.25) is 0 Å². The minimum absolute atomic E-state index is 0.0950. The van der Waals surface area contributed by atoms with Crippen LogP contribution in [0, 0.1) is 11.8 Å². The molecule has 0 saturated heterocycles. The SMILES string of the molecule is CCOP(=O)(OCC)C(/C=C(\C)C(=O)OC)C(C)C(C=O)CO[Si](c1ccccc1)(c1ccccc1)C(C)(C)C. The van der Waals surface area contributed by atoms with Crippen LogP contribution in [0.2, 0.25) is 5.04 Å². The lowest BCUT2D eigenvalue weighted by Gasteiger charge is -2.44. The van der Waals surface area contributed by atoms with Gasteiger partial charge in [-0.25, -0.2) is 4.79 Å². The lowest BCUT2D eigenvalue weighted by Crippen LogP contribution is -2.67. The number of benzene rings is 2. The average molecular weight is 589 g/mol. The maximum Gasteiger partial charge on any atom is 0.337 e. The number of allylic oxidation sites excluding steroid dienone is 1. The van der Waals surface area contributed by atoms with E-state index < -0.39 is 39.4 Å². The Hall–Kier alpha value is -2.35. The topological polar surface area (TPSA) is 88.1 Å². The van der Waals surface area contributed by atoms with Crippen LogP contribution in [0.25, 0.3) is 0 Å². The molecule has 40 heavy (non-hydrogen) atoms. The van der Waals surface area contributed by atoms with Crippen LogP contribution in [0.3, 0.4) is 0 Å². The number of rotatable bonds is 15. The molecule has 3 atom stereocenters. The number of esters is 1. The third-order valence-corrected chi connectivity index (χ3v) is 14.8. The maximum atomic E-state index is 14.0. The van der Waals surface area contributed by atoms with Crippen molar-refractivity contribution in [1.82, 2.24) is 0 Å². The van der Waals surface area contributed by atoms with Crippen LogP contribution >= 0.6 is 7.60 Å². The summed E-state index contributed by atoms with van der Waals surface area (Å²) in [7, 11) is -5.39. The van der Waals surface area contributed by atoms with Gasteiger partial charge in [0.1, 0.15) is 6.29 Å². The largest absolute Gasteiger partial charge is 0.466 e. The Balaban J connectivity index is 2.61. The summed E-state index contributed by atoms with van der Waals surface area (Å²) in [6.07, 6.45) is 2.40. The molecule has 0 radical (unpaired) electrons. The number of carbonyl (C=O) groups is 2. The summed E-state index contributed by atoms with van der Waals surface area (Å²) in [4.78, 5) is 24.9. The molecule has 0 saturated carbocycles. The van der Waals surface area contributed by atoms with Crippen molar-refractivity contribution < 1.29 is 32.4 Å². The first-order valence-electron chi connectivity index (χ1n) is 13.8. The van der Waals surface area contributed by atoms with Gasteiger partial charge in [-0.15, -0.1) is 0 Å². The van der Waals surface area contributed by atoms with Crippen LogP contribution in [-0.2, 0) is 32.4 Å². The number of hydrogen-bond acceptors (Lipinski definition) is 7. The third kappa shape index (κ3) is 7.68. The fourth-order valence-corrected chi connectivity index (χ4v) is 12.1. The molecule has 0 heterocycles. The van der Waals surface area contributed by atoms with Gasteiger partial charge in [0, 0.05) is 18.1 Å². The van der Waals surface area contributed by atoms with Gasteiger partial charge in [0.15, 0.2) is 0 Å². The minimum Gasteiger partial charge on any atom is -0.466 e. The summed E-state index contributed by atoms with van der Waals surface area (Å²) in [6, 6.07) is 20.3. The Morgan fingerprint density at radius 3 is 1.80 bits per heavy atom. The number of ether oxygens (including phenoxy) is 1. The fraction of sp³-hybridized carbons (Fsp3) is 0.484. The zero-order valence-corrected chi connectivity index (χ0v) is 27.0. The van der Waals surface area contributed by atoms with Gasteiger partial charge in [0.25, 0.3) is 8.32 Å². The highest BCUT2D eigenvalue weighted by Gasteiger charge is 2.51. The van der Waals surface area contributed by atoms with E-state index in [1.54, 1.807) is 26.8 Å². The van der Waals surface area contributed by atoms with E-state index in [2.05, 4.69) is 45.0 Å². The molecule has 0 spiro atoms. The number of carbonyl (C=O) groups excluding carboxylic acids is 2. The van der Waals surface area contributed by atoms with Crippen LogP contribution < -0.4 is 10.4 Å². The third-order valence-electron chi connectivity index (χ3n) is 7.21. The molecule has 7 nitrogen and oxygen atoms in total. The van der Waals surface area contributed by atoms with Crippen molar-refractivity contribution in [2.24, 2.45) is 11.8 Å². The molecule has 2 rings (SSSR count). The Kier molecular flexibility index (Phi) is 12.7. The van der Waals surface area contributed by atoms with Crippen LogP contribution in [0.5, 0.6) is 0 Å². The molecule has 3 unspecified atom stereocenters. The van der Waals surface area contributed by atoms with Crippen molar-refractivity contribution in [1.29, 1.82) is 0 Å². The molecule has 2 aromatic carbocycles. The minimum atomic E-state index is -3.76. The molecule has 0 aliphatic carbocycles. The molecule has 0 fully saturated rings. The highest BCUT2D eigenvalue weighted by Crippen LogP contribution is 2.57. The van der Waals surface area contributed by atoms with Gasteiger partial charge in [0.05, 0.1) is 26.0 Å². The molecule has 0 aromatic heterocycles. The van der Waals surface area contributed by atoms with Crippen LogP contribution in [-0.4, -0.2) is 53.2 Å². The number of aldehydes is 1. The van der Waals surface area contributed by atoms with E-state index in [9.17, 15) is 14.2 Å². The van der Waals surface area contributed by atoms with E-state index in [4.69, 9.17) is 18.2 Å². The summed E-state index contributed by atoms with van der Waals surface area (Å²) >= 11 is 0. The van der Waals surface area contributed by atoms with Gasteiger partial charge in [-0.1, -0.05) is 94.4 Å². The van der Waals surface area contributed by atoms with E-state index in [-0.39, 0.29) is 30.4 Å². The fourth-order valence-electron chi connectivity index (χ4n) is 5.14. The van der Waals surface area contributed by atoms with Gasteiger partial charge in [-0.05, 0) is 42.1 Å². The molecule has 0 bridgehead atoms. The normalized spacial score (nSPS) is 15.2. The molecule has 9 heteroatoms. The lowest BCUT2D eigenvalue weighted by atomic mass is 9.92. The van der Waals surface area contributed by atoms with E-state index in [1.165, 1.54) is 7.11 Å². The van der Waals surface area contributed by atoms with E-state index in [0.29, 0.717) is 0 Å². The Morgan fingerprint density at radius 1 is 0.950 bits per heavy atom. The van der Waals surface area contributed by atoms with Crippen molar-refractivity contribution in [3.63, 3.8) is 0 Å². The number of hydrogen-bond donors (Lipinski definition) is 0. The molecule has 2 aromatic rings. The van der Waals surface area contributed by atoms with Crippen LogP contribution in [0.1, 0.15) is 48.5 Å². The van der Waals surface area contributed by atoms with E-state index in [1.807, 2.05) is 43.3 Å². The molecular formula is C31H45O7PSi. The molecule has 220 valence electrons. The second-order valence-electron chi connectivity index (χ2n) is 10.8. The highest BCUT2D eigenvalue weighted by atomic mass is 31.2. The second kappa shape index (κ2) is 15.0. The molecule has 0 amide bonds. The Morgan fingerprint density at radius 2 is 1.43 bits per heavy atom. The van der Waals surface area contributed by atoms with Crippen LogP contribution in [0.4, 0.5) is 0 Å². The van der Waals surface area contributed by atoms with Crippen molar-refractivity contribution in [2.45, 2.75) is 59.2 Å². The van der Waals surface area contributed by atoms with E-state index >= 15 is 0 Å². The molecule has 0 aliphatic heterocycles. The predicted molar refractivity (Wildman–Crippen MR) is 163 cm³/mol. The van der Waals surface area contributed by atoms with Gasteiger partial charge in [-0.2, -0.15) is 0 Å². The predicted octanol–water partition coefficient (Wildman–Crippen LogP) is 5.77. The lowest BCUT2D eigenvalue weighted by molar-refractivity contribution is -0.136. The van der Waals surface area contributed by atoms with Crippen molar-refractivity contribution in [3.05, 3.63) is 72.3 Å². The van der Waals surface area contributed by atoms with Crippen molar-refractivity contribution in [3.8, 4) is 0 Å². The van der Waals surface area contributed by atoms with Gasteiger partial charge >= 0.3 is 13.6 Å². The summed E-state index contributed by atoms with van der Waals surface area (Å²) in [5.41, 5.74) is -0.610. The van der Waals surface area contributed by atoms with E-state index in [0.717, 1.165) is 16.7 Å². The quantitative estimate of drug-likeness (QED) is 0.0858. The first-order valence-corrected chi connectivity index (χ1v) is 17.3. The first kappa shape index (κ1) is 33.9. The van der Waals surface area contributed by atoms with Gasteiger partial charge < -0.3 is 23.0 Å². The van der Waals surface area contributed by atoms with Crippen LogP contribution in [0.15, 0.2) is 72.3 Å². The van der Waals surface area contributed by atoms with Crippen molar-refractivity contribution >= 4 is 38.5 Å². The zero-order chi connectivity index (χ0) is 30.0. The molecule has 0 aliphatic rings. The summed E-state index contributed by atoms with van der Waals surface area (Å²) in [5, 5.41) is 1.91. The summed E-state index contributed by atoms with van der Waals surface area (Å²) in [6.45, 7) is 13.8. The van der Waals surface area contributed by atoms with Gasteiger partial charge in [-0.3, -0.25) is 4.57 Å².